The summed E-state index contributed by atoms with van der Waals surface area (Å²) in [7, 11) is -1.89. The van der Waals surface area contributed by atoms with E-state index >= 15 is 0 Å². The summed E-state index contributed by atoms with van der Waals surface area (Å²) >= 11 is 0. The van der Waals surface area contributed by atoms with Crippen LogP contribution in [0.25, 0.3) is 10.8 Å². The van der Waals surface area contributed by atoms with Gasteiger partial charge >= 0.3 is 0 Å². The fourth-order valence-electron chi connectivity index (χ4n) is 6.11. The standard InChI is InChI=1S/C31H41N3O4S/c1-38-28-12-11-25-8-5-15-31(35,21-27(25)20-28)23-32-22-24-13-17-34(18-14-24)19-16-33-39(36,37)30-10-4-7-26-6-2-3-9-29(26)30/h2-4,6-7,9-12,20,24,32-33,35H,5,8,13-19,21-23H2,1H3. The van der Waals surface area contributed by atoms with Crippen molar-refractivity contribution in [3.8, 4) is 5.75 Å². The summed E-state index contributed by atoms with van der Waals surface area (Å²) in [4.78, 5) is 2.67. The number of sulfonamides is 1. The Kier molecular flexibility index (Phi) is 8.89. The minimum atomic E-state index is -3.57. The summed E-state index contributed by atoms with van der Waals surface area (Å²) in [6.45, 7) is 4.51. The second kappa shape index (κ2) is 12.4. The van der Waals surface area contributed by atoms with Crippen molar-refractivity contribution in [3.63, 3.8) is 0 Å². The fraction of sp³-hybridized carbons (Fsp3) is 0.484. The molecule has 0 radical (unpaired) electrons. The van der Waals surface area contributed by atoms with Gasteiger partial charge in [0, 0.05) is 31.4 Å². The van der Waals surface area contributed by atoms with Gasteiger partial charge in [0.1, 0.15) is 5.75 Å². The number of aliphatic hydroxyl groups is 1. The van der Waals surface area contributed by atoms with Crippen LogP contribution in [0.4, 0.5) is 0 Å². The molecule has 3 aromatic rings. The summed E-state index contributed by atoms with van der Waals surface area (Å²) < 4.78 is 34.1. The molecule has 7 nitrogen and oxygen atoms in total. The Bertz CT molecular complexity index is 1370. The summed E-state index contributed by atoms with van der Waals surface area (Å²) in [6, 6.07) is 19.2. The Balaban J connectivity index is 1.04. The number of benzene rings is 3. The third-order valence-corrected chi connectivity index (χ3v) is 9.89. The lowest BCUT2D eigenvalue weighted by atomic mass is 9.91. The molecule has 3 aromatic carbocycles. The molecule has 1 aliphatic carbocycles. The van der Waals surface area contributed by atoms with E-state index in [4.69, 9.17) is 4.74 Å². The molecule has 0 bridgehead atoms. The summed E-state index contributed by atoms with van der Waals surface area (Å²) in [5, 5.41) is 16.6. The van der Waals surface area contributed by atoms with E-state index in [-0.39, 0.29) is 0 Å². The van der Waals surface area contributed by atoms with Crippen molar-refractivity contribution >= 4 is 20.8 Å². The van der Waals surface area contributed by atoms with Gasteiger partial charge in [-0.3, -0.25) is 0 Å². The number of piperidine rings is 1. The molecule has 1 atom stereocenters. The molecule has 1 unspecified atom stereocenters. The van der Waals surface area contributed by atoms with E-state index in [0.717, 1.165) is 68.3 Å². The number of likely N-dealkylation sites (tertiary alicyclic amines) is 1. The van der Waals surface area contributed by atoms with E-state index in [1.54, 1.807) is 19.2 Å². The number of hydrogen-bond donors (Lipinski definition) is 3. The van der Waals surface area contributed by atoms with Crippen LogP contribution < -0.4 is 14.8 Å². The molecule has 1 aliphatic heterocycles. The monoisotopic (exact) mass is 551 g/mol. The average molecular weight is 552 g/mol. The second-order valence-corrected chi connectivity index (χ2v) is 12.9. The minimum absolute atomic E-state index is 0.336. The Labute approximate surface area is 232 Å². The van der Waals surface area contributed by atoms with E-state index in [2.05, 4.69) is 27.1 Å². The predicted molar refractivity (Wildman–Crippen MR) is 156 cm³/mol. The van der Waals surface area contributed by atoms with E-state index < -0.39 is 15.6 Å². The zero-order valence-corrected chi connectivity index (χ0v) is 23.7. The Morgan fingerprint density at radius 3 is 2.67 bits per heavy atom. The van der Waals surface area contributed by atoms with E-state index in [9.17, 15) is 13.5 Å². The maximum absolute atomic E-state index is 13.0. The molecule has 5 rings (SSSR count). The van der Waals surface area contributed by atoms with Gasteiger partial charge in [-0.1, -0.05) is 42.5 Å². The van der Waals surface area contributed by atoms with Gasteiger partial charge in [-0.2, -0.15) is 0 Å². The highest BCUT2D eigenvalue weighted by molar-refractivity contribution is 7.89. The topological polar surface area (TPSA) is 90.9 Å². The largest absolute Gasteiger partial charge is 0.497 e. The number of nitrogens with zero attached hydrogens (tertiary/aromatic N) is 1. The van der Waals surface area contributed by atoms with Gasteiger partial charge in [0.2, 0.25) is 10.0 Å². The summed E-state index contributed by atoms with van der Waals surface area (Å²) in [5.41, 5.74) is 1.78. The lowest BCUT2D eigenvalue weighted by Gasteiger charge is -2.33. The van der Waals surface area contributed by atoms with Crippen molar-refractivity contribution < 1.29 is 18.3 Å². The number of hydrogen-bond acceptors (Lipinski definition) is 6. The van der Waals surface area contributed by atoms with Gasteiger partial charge in [-0.25, -0.2) is 13.1 Å². The molecule has 0 amide bonds. The number of nitrogens with one attached hydrogen (secondary N) is 2. The van der Waals surface area contributed by atoms with Gasteiger partial charge in [0.25, 0.3) is 0 Å². The van der Waals surface area contributed by atoms with Gasteiger partial charge in [-0.15, -0.1) is 0 Å². The lowest BCUT2D eigenvalue weighted by molar-refractivity contribution is 0.0308. The minimum Gasteiger partial charge on any atom is -0.497 e. The highest BCUT2D eigenvalue weighted by atomic mass is 32.2. The van der Waals surface area contributed by atoms with Gasteiger partial charge in [-0.05, 0) is 92.4 Å². The van der Waals surface area contributed by atoms with Crippen molar-refractivity contribution in [1.82, 2.24) is 14.9 Å². The first-order chi connectivity index (χ1) is 18.9. The molecule has 0 aromatic heterocycles. The van der Waals surface area contributed by atoms with E-state index in [1.807, 2.05) is 36.4 Å². The van der Waals surface area contributed by atoms with Crippen LogP contribution >= 0.6 is 0 Å². The maximum Gasteiger partial charge on any atom is 0.241 e. The molecular formula is C31H41N3O4S. The quantitative estimate of drug-likeness (QED) is 0.333. The Morgan fingerprint density at radius 1 is 1.05 bits per heavy atom. The van der Waals surface area contributed by atoms with Crippen molar-refractivity contribution in [2.75, 3.05) is 46.4 Å². The van der Waals surface area contributed by atoms with Crippen molar-refractivity contribution in [1.29, 1.82) is 0 Å². The number of ether oxygens (including phenoxy) is 1. The van der Waals surface area contributed by atoms with Crippen LogP contribution in [-0.2, 0) is 22.9 Å². The van der Waals surface area contributed by atoms with E-state index in [0.29, 0.717) is 36.9 Å². The van der Waals surface area contributed by atoms with Crippen LogP contribution in [0.5, 0.6) is 5.75 Å². The van der Waals surface area contributed by atoms with Crippen molar-refractivity contribution in [2.45, 2.75) is 49.0 Å². The van der Waals surface area contributed by atoms with Crippen molar-refractivity contribution in [3.05, 3.63) is 71.8 Å². The normalized spacial score (nSPS) is 21.0. The molecule has 0 spiro atoms. The van der Waals surface area contributed by atoms with Crippen LogP contribution in [0.3, 0.4) is 0 Å². The molecule has 8 heteroatoms. The third-order valence-electron chi connectivity index (χ3n) is 8.37. The summed E-state index contributed by atoms with van der Waals surface area (Å²) in [5.74, 6) is 1.41. The Hall–Kier alpha value is -2.49. The molecule has 1 heterocycles. The first-order valence-electron chi connectivity index (χ1n) is 14.1. The number of methoxy groups -OCH3 is 1. The SMILES string of the molecule is COc1ccc2c(c1)CC(O)(CNCC1CCN(CCNS(=O)(=O)c3cccc4ccccc34)CC1)CCC2. The Morgan fingerprint density at radius 2 is 1.85 bits per heavy atom. The molecule has 210 valence electrons. The van der Waals surface area contributed by atoms with Crippen LogP contribution in [0.15, 0.2) is 65.6 Å². The molecule has 1 fully saturated rings. The first kappa shape index (κ1) is 28.1. The smallest absolute Gasteiger partial charge is 0.241 e. The molecule has 1 saturated heterocycles. The van der Waals surface area contributed by atoms with Crippen LogP contribution in [0.1, 0.15) is 36.8 Å². The van der Waals surface area contributed by atoms with Crippen LogP contribution in [-0.4, -0.2) is 70.4 Å². The van der Waals surface area contributed by atoms with Crippen molar-refractivity contribution in [2.24, 2.45) is 5.92 Å². The molecule has 39 heavy (non-hydrogen) atoms. The molecule has 2 aliphatic rings. The number of rotatable bonds is 10. The zero-order chi connectivity index (χ0) is 27.3. The molecule has 3 N–H and O–H groups in total. The second-order valence-electron chi connectivity index (χ2n) is 11.2. The first-order valence-corrected chi connectivity index (χ1v) is 15.6. The van der Waals surface area contributed by atoms with Crippen LogP contribution in [0.2, 0.25) is 0 Å². The fourth-order valence-corrected chi connectivity index (χ4v) is 7.36. The summed E-state index contributed by atoms with van der Waals surface area (Å²) in [6.07, 6.45) is 5.57. The highest BCUT2D eigenvalue weighted by Crippen LogP contribution is 2.30. The number of aryl methyl sites for hydroxylation is 1. The van der Waals surface area contributed by atoms with Gasteiger partial charge < -0.3 is 20.1 Å². The zero-order valence-electron chi connectivity index (χ0n) is 22.9. The molecule has 0 saturated carbocycles. The third kappa shape index (κ3) is 6.99. The maximum atomic E-state index is 13.0. The predicted octanol–water partition coefficient (Wildman–Crippen LogP) is 3.74. The highest BCUT2D eigenvalue weighted by Gasteiger charge is 2.31. The molecular weight excluding hydrogens is 510 g/mol. The van der Waals surface area contributed by atoms with Gasteiger partial charge in [0.15, 0.2) is 0 Å². The van der Waals surface area contributed by atoms with Gasteiger partial charge in [0.05, 0.1) is 17.6 Å². The number of fused-ring (bicyclic) bond motifs is 2. The van der Waals surface area contributed by atoms with E-state index in [1.165, 1.54) is 11.1 Å². The average Bonchev–Trinajstić information content (AvgIpc) is 3.11. The van der Waals surface area contributed by atoms with Crippen LogP contribution in [0, 0.1) is 5.92 Å². The lowest BCUT2D eigenvalue weighted by Crippen LogP contribution is -2.45.